The van der Waals surface area contributed by atoms with Gasteiger partial charge in [-0.2, -0.15) is 0 Å². The summed E-state index contributed by atoms with van der Waals surface area (Å²) in [5.41, 5.74) is 14.9. The molecule has 1 aliphatic carbocycles. The second-order valence-electron chi connectivity index (χ2n) is 13.6. The van der Waals surface area contributed by atoms with E-state index < -0.39 is 0 Å². The van der Waals surface area contributed by atoms with Gasteiger partial charge in [0.2, 0.25) is 5.89 Å². The summed E-state index contributed by atoms with van der Waals surface area (Å²) in [6.45, 7) is 4.58. The van der Waals surface area contributed by atoms with Crippen LogP contribution in [0.2, 0.25) is 0 Å². The normalized spacial score (nSPS) is 13.2. The van der Waals surface area contributed by atoms with Gasteiger partial charge in [-0.1, -0.05) is 98.8 Å². The summed E-state index contributed by atoms with van der Waals surface area (Å²) in [5, 5.41) is 2.19. The summed E-state index contributed by atoms with van der Waals surface area (Å²) in [4.78, 5) is 7.27. The standard InChI is InChI=1S/C46H32N2O2/c1-46(2)39-14-8-6-12-35(39)37-27-44-41(28-40(37)46)47-45(50-44)31-18-22-33(23-19-31)48(32-20-16-30(17-21-32)29-10-4-3-5-11-29)34-24-25-43-38(26-34)36-13-7-9-15-42(36)49-43/h3-28H,1-2H3. The van der Waals surface area contributed by atoms with E-state index in [-0.39, 0.29) is 5.41 Å². The van der Waals surface area contributed by atoms with Crippen molar-refractivity contribution in [3.63, 3.8) is 0 Å². The van der Waals surface area contributed by atoms with Gasteiger partial charge >= 0.3 is 0 Å². The Balaban J connectivity index is 1.05. The Morgan fingerprint density at radius 2 is 1.10 bits per heavy atom. The second kappa shape index (κ2) is 10.8. The molecule has 2 aromatic heterocycles. The third kappa shape index (κ3) is 4.42. The minimum atomic E-state index is -0.0879. The summed E-state index contributed by atoms with van der Waals surface area (Å²) in [7, 11) is 0. The number of anilines is 3. The monoisotopic (exact) mass is 644 g/mol. The molecule has 0 bridgehead atoms. The number of para-hydroxylation sites is 1. The molecule has 9 aromatic rings. The van der Waals surface area contributed by atoms with Gasteiger partial charge in [0.15, 0.2) is 5.58 Å². The van der Waals surface area contributed by atoms with Crippen molar-refractivity contribution in [3.8, 4) is 33.7 Å². The van der Waals surface area contributed by atoms with Crippen LogP contribution in [0.5, 0.6) is 0 Å². The van der Waals surface area contributed by atoms with Gasteiger partial charge < -0.3 is 13.7 Å². The molecule has 0 atom stereocenters. The van der Waals surface area contributed by atoms with E-state index >= 15 is 0 Å². The Morgan fingerprint density at radius 1 is 0.460 bits per heavy atom. The molecule has 0 spiro atoms. The largest absolute Gasteiger partial charge is 0.456 e. The van der Waals surface area contributed by atoms with Crippen molar-refractivity contribution in [2.75, 3.05) is 4.90 Å². The average Bonchev–Trinajstić information content (AvgIpc) is 3.82. The van der Waals surface area contributed by atoms with Crippen molar-refractivity contribution in [1.29, 1.82) is 0 Å². The molecule has 7 aromatic carbocycles. The lowest BCUT2D eigenvalue weighted by molar-refractivity contribution is 0.619. The van der Waals surface area contributed by atoms with Crippen molar-refractivity contribution in [1.82, 2.24) is 4.98 Å². The number of hydrogen-bond donors (Lipinski definition) is 0. The quantitative estimate of drug-likeness (QED) is 0.187. The first kappa shape index (κ1) is 28.6. The molecule has 10 rings (SSSR count). The zero-order chi connectivity index (χ0) is 33.4. The van der Waals surface area contributed by atoms with Crippen molar-refractivity contribution >= 4 is 50.1 Å². The highest BCUT2D eigenvalue weighted by molar-refractivity contribution is 6.06. The molecule has 50 heavy (non-hydrogen) atoms. The van der Waals surface area contributed by atoms with Crippen LogP contribution in [-0.2, 0) is 5.41 Å². The fourth-order valence-corrected chi connectivity index (χ4v) is 7.73. The van der Waals surface area contributed by atoms with Crippen LogP contribution in [0.15, 0.2) is 167 Å². The van der Waals surface area contributed by atoms with E-state index in [4.69, 9.17) is 13.8 Å². The minimum absolute atomic E-state index is 0.0879. The van der Waals surface area contributed by atoms with Gasteiger partial charge in [0.1, 0.15) is 16.7 Å². The number of oxazole rings is 1. The molecule has 0 amide bonds. The predicted octanol–water partition coefficient (Wildman–Crippen LogP) is 12.8. The van der Waals surface area contributed by atoms with Crippen LogP contribution in [0, 0.1) is 0 Å². The maximum absolute atomic E-state index is 6.43. The maximum Gasteiger partial charge on any atom is 0.227 e. The molecule has 0 saturated heterocycles. The molecule has 0 fully saturated rings. The highest BCUT2D eigenvalue weighted by Gasteiger charge is 2.36. The lowest BCUT2D eigenvalue weighted by Crippen LogP contribution is -2.14. The topological polar surface area (TPSA) is 42.4 Å². The van der Waals surface area contributed by atoms with E-state index in [0.717, 1.165) is 55.7 Å². The fraction of sp³-hybridized carbons (Fsp3) is 0.0652. The van der Waals surface area contributed by atoms with Crippen molar-refractivity contribution in [2.24, 2.45) is 0 Å². The van der Waals surface area contributed by atoms with Crippen LogP contribution in [-0.4, -0.2) is 4.98 Å². The lowest BCUT2D eigenvalue weighted by Gasteiger charge is -2.26. The van der Waals surface area contributed by atoms with Crippen LogP contribution in [0.1, 0.15) is 25.0 Å². The molecule has 0 aliphatic heterocycles. The van der Waals surface area contributed by atoms with Gasteiger partial charge in [-0.15, -0.1) is 0 Å². The van der Waals surface area contributed by atoms with Gasteiger partial charge in [-0.05, 0) is 106 Å². The van der Waals surface area contributed by atoms with E-state index in [9.17, 15) is 0 Å². The van der Waals surface area contributed by atoms with E-state index in [2.05, 4.69) is 158 Å². The Morgan fingerprint density at radius 3 is 1.90 bits per heavy atom. The summed E-state index contributed by atoms with van der Waals surface area (Å²) in [5.74, 6) is 0.617. The van der Waals surface area contributed by atoms with Gasteiger partial charge in [0.25, 0.3) is 0 Å². The van der Waals surface area contributed by atoms with Crippen molar-refractivity contribution in [2.45, 2.75) is 19.3 Å². The number of aromatic nitrogens is 1. The number of fused-ring (bicyclic) bond motifs is 7. The van der Waals surface area contributed by atoms with Crippen molar-refractivity contribution < 1.29 is 8.83 Å². The Labute approximate surface area is 289 Å². The average molecular weight is 645 g/mol. The molecule has 2 heterocycles. The summed E-state index contributed by atoms with van der Waals surface area (Å²) < 4.78 is 12.6. The van der Waals surface area contributed by atoms with E-state index in [1.165, 1.54) is 33.4 Å². The Hall–Kier alpha value is -6.39. The number of rotatable bonds is 5. The molecule has 0 saturated carbocycles. The van der Waals surface area contributed by atoms with E-state index in [1.807, 2.05) is 18.2 Å². The molecular formula is C46H32N2O2. The van der Waals surface area contributed by atoms with E-state index in [1.54, 1.807) is 0 Å². The zero-order valence-electron chi connectivity index (χ0n) is 27.7. The molecular weight excluding hydrogens is 613 g/mol. The summed E-state index contributed by atoms with van der Waals surface area (Å²) in [6, 6.07) is 55.4. The molecule has 0 N–H and O–H groups in total. The van der Waals surface area contributed by atoms with Gasteiger partial charge in [-0.3, -0.25) is 0 Å². The second-order valence-corrected chi connectivity index (χ2v) is 13.6. The fourth-order valence-electron chi connectivity index (χ4n) is 7.73. The van der Waals surface area contributed by atoms with E-state index in [0.29, 0.717) is 5.89 Å². The molecule has 4 nitrogen and oxygen atoms in total. The van der Waals surface area contributed by atoms with Crippen LogP contribution in [0.3, 0.4) is 0 Å². The Bertz CT molecular complexity index is 2720. The molecule has 0 unspecified atom stereocenters. The van der Waals surface area contributed by atoms with Gasteiger partial charge in [-0.25, -0.2) is 4.98 Å². The highest BCUT2D eigenvalue weighted by Crippen LogP contribution is 2.50. The third-order valence-corrected chi connectivity index (χ3v) is 10.3. The number of hydrogen-bond acceptors (Lipinski definition) is 4. The molecule has 4 heteroatoms. The number of furan rings is 1. The third-order valence-electron chi connectivity index (χ3n) is 10.3. The first-order valence-electron chi connectivity index (χ1n) is 17.0. The maximum atomic E-state index is 6.43. The smallest absolute Gasteiger partial charge is 0.227 e. The first-order valence-corrected chi connectivity index (χ1v) is 17.0. The van der Waals surface area contributed by atoms with Crippen LogP contribution in [0.25, 0.3) is 66.7 Å². The predicted molar refractivity (Wildman–Crippen MR) is 204 cm³/mol. The Kier molecular flexibility index (Phi) is 6.19. The first-order chi connectivity index (χ1) is 24.5. The van der Waals surface area contributed by atoms with Crippen molar-refractivity contribution in [3.05, 3.63) is 169 Å². The molecule has 238 valence electrons. The van der Waals surface area contributed by atoms with Crippen LogP contribution >= 0.6 is 0 Å². The lowest BCUT2D eigenvalue weighted by atomic mass is 9.82. The molecule has 1 aliphatic rings. The van der Waals surface area contributed by atoms with Gasteiger partial charge in [0, 0.05) is 38.8 Å². The number of benzene rings is 7. The van der Waals surface area contributed by atoms with Gasteiger partial charge in [0.05, 0.1) is 0 Å². The highest BCUT2D eigenvalue weighted by atomic mass is 16.3. The SMILES string of the molecule is CC1(C)c2ccccc2-c2cc3oc(-c4ccc(N(c5ccc(-c6ccccc6)cc5)c5ccc6oc7ccccc7c6c5)cc4)nc3cc21. The summed E-state index contributed by atoms with van der Waals surface area (Å²) in [6.07, 6.45) is 0. The number of nitrogens with zero attached hydrogens (tertiary/aromatic N) is 2. The summed E-state index contributed by atoms with van der Waals surface area (Å²) >= 11 is 0. The van der Waals surface area contributed by atoms with Crippen LogP contribution < -0.4 is 4.90 Å². The molecule has 0 radical (unpaired) electrons. The minimum Gasteiger partial charge on any atom is -0.456 e. The van der Waals surface area contributed by atoms with Crippen LogP contribution in [0.4, 0.5) is 17.1 Å². The zero-order valence-corrected chi connectivity index (χ0v) is 27.7.